The number of nitrogens with zero attached hydrogens (tertiary/aromatic N) is 2. The normalized spacial score (nSPS) is 18.2. The number of amides is 1. The summed E-state index contributed by atoms with van der Waals surface area (Å²) in [5.41, 5.74) is 2.46. The molecule has 1 aromatic carbocycles. The van der Waals surface area contributed by atoms with Crippen LogP contribution >= 0.6 is 0 Å². The first-order chi connectivity index (χ1) is 10.0. The van der Waals surface area contributed by atoms with Gasteiger partial charge in [0.05, 0.1) is 0 Å². The van der Waals surface area contributed by atoms with Crippen molar-refractivity contribution in [3.63, 3.8) is 0 Å². The van der Waals surface area contributed by atoms with Gasteiger partial charge in [0, 0.05) is 43.7 Å². The molecule has 0 aliphatic carbocycles. The molecule has 1 aromatic rings. The average Bonchev–Trinajstić information content (AvgIpc) is 2.82. The Balaban J connectivity index is 2.00. The first-order valence-corrected chi connectivity index (χ1v) is 7.80. The Morgan fingerprint density at radius 3 is 2.76 bits per heavy atom. The number of likely N-dealkylation sites (N-methyl/N-ethyl adjacent to an activating group) is 2. The molecule has 21 heavy (non-hydrogen) atoms. The van der Waals surface area contributed by atoms with E-state index in [9.17, 15) is 4.79 Å². The van der Waals surface area contributed by atoms with Gasteiger partial charge in [-0.05, 0) is 39.6 Å². The fraction of sp³-hybridized carbons (Fsp3) is 0.588. The molecule has 2 rings (SSSR count). The smallest absolute Gasteiger partial charge is 0.223 e. The van der Waals surface area contributed by atoms with Crippen LogP contribution in [0.5, 0.6) is 0 Å². The molecule has 0 aromatic heterocycles. The maximum atomic E-state index is 12.6. The van der Waals surface area contributed by atoms with E-state index in [1.807, 2.05) is 25.1 Å². The number of hydrogen-bond acceptors (Lipinski definition) is 3. The van der Waals surface area contributed by atoms with Gasteiger partial charge in [-0.15, -0.1) is 0 Å². The molecule has 2 atom stereocenters. The Bertz CT molecular complexity index is 487. The van der Waals surface area contributed by atoms with Crippen LogP contribution in [0.25, 0.3) is 0 Å². The minimum absolute atomic E-state index is 0.252. The zero-order valence-electron chi connectivity index (χ0n) is 13.6. The standard InChI is InChI=1S/C17H27N3O/c1-5-20(13(2)12-19(3)4)17(21)10-14-11-18-16-9-7-6-8-15(14)16/h6-9,13-14,18H,5,10-12H2,1-4H3. The maximum absolute atomic E-state index is 12.6. The molecule has 1 N–H and O–H groups in total. The predicted molar refractivity (Wildman–Crippen MR) is 87.7 cm³/mol. The van der Waals surface area contributed by atoms with E-state index in [1.54, 1.807) is 0 Å². The highest BCUT2D eigenvalue weighted by Crippen LogP contribution is 2.33. The lowest BCUT2D eigenvalue weighted by Crippen LogP contribution is -2.44. The van der Waals surface area contributed by atoms with Crippen LogP contribution < -0.4 is 5.32 Å². The molecular formula is C17H27N3O. The molecule has 0 saturated carbocycles. The summed E-state index contributed by atoms with van der Waals surface area (Å²) in [6.45, 7) is 6.73. The molecular weight excluding hydrogens is 262 g/mol. The van der Waals surface area contributed by atoms with E-state index in [-0.39, 0.29) is 11.9 Å². The summed E-state index contributed by atoms with van der Waals surface area (Å²) in [7, 11) is 4.10. The van der Waals surface area contributed by atoms with Crippen molar-refractivity contribution in [1.29, 1.82) is 0 Å². The maximum Gasteiger partial charge on any atom is 0.223 e. The molecule has 1 heterocycles. The highest BCUT2D eigenvalue weighted by Gasteiger charge is 2.27. The van der Waals surface area contributed by atoms with E-state index in [2.05, 4.69) is 42.3 Å². The molecule has 0 radical (unpaired) electrons. The second kappa shape index (κ2) is 6.94. The molecule has 2 unspecified atom stereocenters. The minimum Gasteiger partial charge on any atom is -0.384 e. The van der Waals surface area contributed by atoms with Crippen molar-refractivity contribution >= 4 is 11.6 Å². The Kier molecular flexibility index (Phi) is 5.23. The number of benzene rings is 1. The van der Waals surface area contributed by atoms with Crippen molar-refractivity contribution in [2.75, 3.05) is 39.0 Å². The van der Waals surface area contributed by atoms with Crippen LogP contribution in [0.15, 0.2) is 24.3 Å². The van der Waals surface area contributed by atoms with E-state index in [0.29, 0.717) is 12.3 Å². The number of para-hydroxylation sites is 1. The largest absolute Gasteiger partial charge is 0.384 e. The highest BCUT2D eigenvalue weighted by molar-refractivity contribution is 5.78. The van der Waals surface area contributed by atoms with Crippen LogP contribution in [-0.4, -0.2) is 55.5 Å². The van der Waals surface area contributed by atoms with E-state index in [0.717, 1.165) is 19.6 Å². The third kappa shape index (κ3) is 3.76. The van der Waals surface area contributed by atoms with Crippen molar-refractivity contribution in [3.8, 4) is 0 Å². The summed E-state index contributed by atoms with van der Waals surface area (Å²) >= 11 is 0. The van der Waals surface area contributed by atoms with Gasteiger partial charge in [-0.25, -0.2) is 0 Å². The van der Waals surface area contributed by atoms with Gasteiger partial charge in [-0.1, -0.05) is 18.2 Å². The Morgan fingerprint density at radius 2 is 2.10 bits per heavy atom. The lowest BCUT2D eigenvalue weighted by molar-refractivity contribution is -0.133. The number of anilines is 1. The van der Waals surface area contributed by atoms with E-state index in [4.69, 9.17) is 0 Å². The summed E-state index contributed by atoms with van der Waals surface area (Å²) in [5.74, 6) is 0.560. The fourth-order valence-electron chi connectivity index (χ4n) is 3.23. The van der Waals surface area contributed by atoms with E-state index >= 15 is 0 Å². The summed E-state index contributed by atoms with van der Waals surface area (Å²) in [6.07, 6.45) is 0.593. The van der Waals surface area contributed by atoms with Crippen molar-refractivity contribution in [3.05, 3.63) is 29.8 Å². The fourth-order valence-corrected chi connectivity index (χ4v) is 3.23. The average molecular weight is 289 g/mol. The molecule has 0 fully saturated rings. The summed E-state index contributed by atoms with van der Waals surface area (Å²) in [4.78, 5) is 16.8. The Labute approximate surface area is 128 Å². The van der Waals surface area contributed by atoms with Gasteiger partial charge in [-0.3, -0.25) is 4.79 Å². The molecule has 0 spiro atoms. The predicted octanol–water partition coefficient (Wildman–Crippen LogP) is 2.38. The molecule has 4 heteroatoms. The topological polar surface area (TPSA) is 35.6 Å². The number of fused-ring (bicyclic) bond motifs is 1. The molecule has 0 saturated heterocycles. The Morgan fingerprint density at radius 1 is 1.38 bits per heavy atom. The first kappa shape index (κ1) is 15.8. The monoisotopic (exact) mass is 289 g/mol. The minimum atomic E-state index is 0.252. The summed E-state index contributed by atoms with van der Waals surface area (Å²) < 4.78 is 0. The third-order valence-corrected chi connectivity index (χ3v) is 4.18. The van der Waals surface area contributed by atoms with Gasteiger partial charge < -0.3 is 15.1 Å². The van der Waals surface area contributed by atoms with Gasteiger partial charge in [0.2, 0.25) is 5.91 Å². The molecule has 1 aliphatic heterocycles. The zero-order chi connectivity index (χ0) is 15.4. The molecule has 116 valence electrons. The summed E-state index contributed by atoms with van der Waals surface area (Å²) in [6, 6.07) is 8.56. The van der Waals surface area contributed by atoms with Gasteiger partial charge in [-0.2, -0.15) is 0 Å². The van der Waals surface area contributed by atoms with Crippen molar-refractivity contribution in [2.45, 2.75) is 32.2 Å². The SMILES string of the molecule is CCN(C(=O)CC1CNc2ccccc21)C(C)CN(C)C. The number of hydrogen-bond donors (Lipinski definition) is 1. The van der Waals surface area contributed by atoms with E-state index < -0.39 is 0 Å². The Hall–Kier alpha value is -1.55. The summed E-state index contributed by atoms with van der Waals surface area (Å²) in [5, 5.41) is 3.39. The lowest BCUT2D eigenvalue weighted by atomic mass is 9.97. The number of carbonyl (C=O) groups is 1. The van der Waals surface area contributed by atoms with Crippen molar-refractivity contribution < 1.29 is 4.79 Å². The van der Waals surface area contributed by atoms with Crippen LogP contribution in [0.3, 0.4) is 0 Å². The lowest BCUT2D eigenvalue weighted by Gasteiger charge is -2.31. The van der Waals surface area contributed by atoms with Gasteiger partial charge in [0.25, 0.3) is 0 Å². The van der Waals surface area contributed by atoms with Crippen LogP contribution in [0.1, 0.15) is 31.7 Å². The number of nitrogens with one attached hydrogen (secondary N) is 1. The van der Waals surface area contributed by atoms with Crippen LogP contribution in [-0.2, 0) is 4.79 Å². The zero-order valence-corrected chi connectivity index (χ0v) is 13.6. The van der Waals surface area contributed by atoms with Gasteiger partial charge in [0.15, 0.2) is 0 Å². The quantitative estimate of drug-likeness (QED) is 0.873. The second-order valence-corrected chi connectivity index (χ2v) is 6.16. The molecule has 1 amide bonds. The third-order valence-electron chi connectivity index (χ3n) is 4.18. The molecule has 1 aliphatic rings. The first-order valence-electron chi connectivity index (χ1n) is 7.80. The van der Waals surface area contributed by atoms with Gasteiger partial charge >= 0.3 is 0 Å². The van der Waals surface area contributed by atoms with Crippen LogP contribution in [0, 0.1) is 0 Å². The van der Waals surface area contributed by atoms with E-state index in [1.165, 1.54) is 11.3 Å². The second-order valence-electron chi connectivity index (χ2n) is 6.16. The number of rotatable bonds is 6. The van der Waals surface area contributed by atoms with Gasteiger partial charge in [0.1, 0.15) is 0 Å². The van der Waals surface area contributed by atoms with Crippen LogP contribution in [0.2, 0.25) is 0 Å². The molecule has 0 bridgehead atoms. The number of carbonyl (C=O) groups excluding carboxylic acids is 1. The highest BCUT2D eigenvalue weighted by atomic mass is 16.2. The van der Waals surface area contributed by atoms with Crippen molar-refractivity contribution in [1.82, 2.24) is 9.80 Å². The van der Waals surface area contributed by atoms with Crippen LogP contribution in [0.4, 0.5) is 5.69 Å². The van der Waals surface area contributed by atoms with Crippen molar-refractivity contribution in [2.24, 2.45) is 0 Å². The molecule has 4 nitrogen and oxygen atoms in total.